The summed E-state index contributed by atoms with van der Waals surface area (Å²) in [5.41, 5.74) is 5.17. The monoisotopic (exact) mass is 314 g/mol. The van der Waals surface area contributed by atoms with E-state index in [9.17, 15) is 12.8 Å². The van der Waals surface area contributed by atoms with E-state index in [-0.39, 0.29) is 10.6 Å². The van der Waals surface area contributed by atoms with Crippen molar-refractivity contribution in [2.75, 3.05) is 18.4 Å². The second kappa shape index (κ2) is 6.10. The summed E-state index contributed by atoms with van der Waals surface area (Å²) < 4.78 is 46.5. The SMILES string of the molecule is COc1ccc(F)c(NS(=O)(=O)c2cnn(CCN)c2)c1. The Kier molecular flexibility index (Phi) is 4.43. The minimum Gasteiger partial charge on any atom is -0.497 e. The molecule has 1 aromatic heterocycles. The second-order valence-electron chi connectivity index (χ2n) is 4.18. The van der Waals surface area contributed by atoms with Crippen molar-refractivity contribution < 1.29 is 17.5 Å². The lowest BCUT2D eigenvalue weighted by Gasteiger charge is -2.09. The topological polar surface area (TPSA) is 99.2 Å². The summed E-state index contributed by atoms with van der Waals surface area (Å²) >= 11 is 0. The maximum atomic E-state index is 13.7. The van der Waals surface area contributed by atoms with Gasteiger partial charge in [0, 0.05) is 18.8 Å². The highest BCUT2D eigenvalue weighted by Crippen LogP contribution is 2.23. The van der Waals surface area contributed by atoms with Crippen LogP contribution in [0.2, 0.25) is 0 Å². The largest absolute Gasteiger partial charge is 0.497 e. The molecule has 1 heterocycles. The third kappa shape index (κ3) is 3.50. The van der Waals surface area contributed by atoms with Crippen molar-refractivity contribution in [3.8, 4) is 5.75 Å². The molecule has 3 N–H and O–H groups in total. The van der Waals surface area contributed by atoms with Gasteiger partial charge in [-0.2, -0.15) is 5.10 Å². The van der Waals surface area contributed by atoms with Gasteiger partial charge in [0.25, 0.3) is 10.0 Å². The van der Waals surface area contributed by atoms with Gasteiger partial charge < -0.3 is 10.5 Å². The van der Waals surface area contributed by atoms with Gasteiger partial charge in [0.2, 0.25) is 0 Å². The zero-order chi connectivity index (χ0) is 15.5. The van der Waals surface area contributed by atoms with Gasteiger partial charge >= 0.3 is 0 Å². The van der Waals surface area contributed by atoms with Gasteiger partial charge in [-0.1, -0.05) is 0 Å². The van der Waals surface area contributed by atoms with Gasteiger partial charge in [0.15, 0.2) is 0 Å². The molecule has 0 aliphatic heterocycles. The first-order valence-corrected chi connectivity index (χ1v) is 7.53. The maximum Gasteiger partial charge on any atom is 0.265 e. The van der Waals surface area contributed by atoms with Gasteiger partial charge in [-0.05, 0) is 12.1 Å². The summed E-state index contributed by atoms with van der Waals surface area (Å²) in [7, 11) is -2.52. The first-order chi connectivity index (χ1) is 9.96. The van der Waals surface area contributed by atoms with Crippen LogP contribution in [0.3, 0.4) is 0 Å². The normalized spacial score (nSPS) is 11.4. The first-order valence-electron chi connectivity index (χ1n) is 6.05. The standard InChI is InChI=1S/C12H15FN4O3S/c1-20-9-2-3-11(13)12(6-9)16-21(18,19)10-7-15-17(8-10)5-4-14/h2-3,6-8,16H,4-5,14H2,1H3. The predicted molar refractivity (Wildman–Crippen MR) is 75.0 cm³/mol. The molecule has 0 amide bonds. The highest BCUT2D eigenvalue weighted by Gasteiger charge is 2.18. The van der Waals surface area contributed by atoms with Gasteiger partial charge in [-0.3, -0.25) is 9.40 Å². The van der Waals surface area contributed by atoms with Gasteiger partial charge in [-0.25, -0.2) is 12.8 Å². The number of hydrogen-bond acceptors (Lipinski definition) is 5. The van der Waals surface area contributed by atoms with Crippen LogP contribution in [-0.2, 0) is 16.6 Å². The Bertz CT molecular complexity index is 730. The molecule has 0 unspecified atom stereocenters. The molecule has 0 saturated heterocycles. The van der Waals surface area contributed by atoms with Crippen LogP contribution in [-0.4, -0.2) is 31.9 Å². The molecule has 0 bridgehead atoms. The van der Waals surface area contributed by atoms with Gasteiger partial charge in [0.05, 0.1) is 25.5 Å². The quantitative estimate of drug-likeness (QED) is 0.821. The molecular formula is C12H15FN4O3S. The number of benzene rings is 1. The molecule has 0 radical (unpaired) electrons. The molecule has 114 valence electrons. The number of sulfonamides is 1. The van der Waals surface area contributed by atoms with E-state index in [2.05, 4.69) is 9.82 Å². The highest BCUT2D eigenvalue weighted by molar-refractivity contribution is 7.92. The lowest BCUT2D eigenvalue weighted by atomic mass is 10.3. The molecule has 0 fully saturated rings. The maximum absolute atomic E-state index is 13.7. The molecule has 0 atom stereocenters. The van der Waals surface area contributed by atoms with E-state index in [4.69, 9.17) is 10.5 Å². The van der Waals surface area contributed by atoms with Gasteiger partial charge in [-0.15, -0.1) is 0 Å². The number of nitrogens with one attached hydrogen (secondary N) is 1. The zero-order valence-electron chi connectivity index (χ0n) is 11.3. The third-order valence-electron chi connectivity index (χ3n) is 2.70. The van der Waals surface area contributed by atoms with Crippen LogP contribution in [0, 0.1) is 5.82 Å². The van der Waals surface area contributed by atoms with Crippen molar-refractivity contribution in [2.24, 2.45) is 5.73 Å². The molecule has 0 aliphatic carbocycles. The zero-order valence-corrected chi connectivity index (χ0v) is 12.1. The number of hydrogen-bond donors (Lipinski definition) is 2. The Labute approximate surface area is 121 Å². The summed E-state index contributed by atoms with van der Waals surface area (Å²) in [5.74, 6) is -0.360. The molecule has 21 heavy (non-hydrogen) atoms. The number of ether oxygens (including phenoxy) is 1. The number of rotatable bonds is 6. The van der Waals surface area contributed by atoms with Crippen molar-refractivity contribution in [1.29, 1.82) is 0 Å². The molecule has 0 saturated carbocycles. The Morgan fingerprint density at radius 1 is 1.48 bits per heavy atom. The molecule has 7 nitrogen and oxygen atoms in total. The van der Waals surface area contributed by atoms with Crippen LogP contribution in [0.4, 0.5) is 10.1 Å². The van der Waals surface area contributed by atoms with E-state index >= 15 is 0 Å². The van der Waals surface area contributed by atoms with Crippen molar-refractivity contribution in [2.45, 2.75) is 11.4 Å². The molecule has 0 aliphatic rings. The Morgan fingerprint density at radius 2 is 2.24 bits per heavy atom. The number of nitrogens with two attached hydrogens (primary N) is 1. The van der Waals surface area contributed by atoms with E-state index in [1.807, 2.05) is 0 Å². The summed E-state index contributed by atoms with van der Waals surface area (Å²) in [6.45, 7) is 0.724. The molecule has 9 heteroatoms. The molecule has 2 rings (SSSR count). The molecule has 2 aromatic rings. The number of aromatic nitrogens is 2. The fraction of sp³-hybridized carbons (Fsp3) is 0.250. The molecule has 0 spiro atoms. The van der Waals surface area contributed by atoms with Crippen molar-refractivity contribution in [3.63, 3.8) is 0 Å². The number of methoxy groups -OCH3 is 1. The Morgan fingerprint density at radius 3 is 2.90 bits per heavy atom. The van der Waals surface area contributed by atoms with Crippen molar-refractivity contribution in [1.82, 2.24) is 9.78 Å². The van der Waals surface area contributed by atoms with Crippen molar-refractivity contribution in [3.05, 3.63) is 36.4 Å². The first kappa shape index (κ1) is 15.3. The van der Waals surface area contributed by atoms with E-state index < -0.39 is 15.8 Å². The number of nitrogens with zero attached hydrogens (tertiary/aromatic N) is 2. The van der Waals surface area contributed by atoms with Crippen LogP contribution in [0.1, 0.15) is 0 Å². The average molecular weight is 314 g/mol. The van der Waals surface area contributed by atoms with Crippen LogP contribution < -0.4 is 15.2 Å². The summed E-state index contributed by atoms with van der Waals surface area (Å²) in [6, 6.07) is 3.78. The third-order valence-corrected chi connectivity index (χ3v) is 4.02. The minimum absolute atomic E-state index is 0.0711. The predicted octanol–water partition coefficient (Wildman–Crippen LogP) is 0.790. The summed E-state index contributed by atoms with van der Waals surface area (Å²) in [6.07, 6.45) is 2.50. The fourth-order valence-electron chi connectivity index (χ4n) is 1.65. The van der Waals surface area contributed by atoms with E-state index in [1.165, 1.54) is 36.3 Å². The van der Waals surface area contributed by atoms with Gasteiger partial charge in [0.1, 0.15) is 16.5 Å². The van der Waals surface area contributed by atoms with E-state index in [0.717, 1.165) is 6.07 Å². The van der Waals surface area contributed by atoms with Crippen molar-refractivity contribution >= 4 is 15.7 Å². The molecular weight excluding hydrogens is 299 g/mol. The average Bonchev–Trinajstić information content (AvgIpc) is 2.91. The second-order valence-corrected chi connectivity index (χ2v) is 5.86. The van der Waals surface area contributed by atoms with Crippen LogP contribution in [0.15, 0.2) is 35.5 Å². The minimum atomic E-state index is -3.93. The smallest absolute Gasteiger partial charge is 0.265 e. The lowest BCUT2D eigenvalue weighted by Crippen LogP contribution is -2.14. The molecule has 1 aromatic carbocycles. The van der Waals surface area contributed by atoms with Crippen LogP contribution in [0.5, 0.6) is 5.75 Å². The van der Waals surface area contributed by atoms with Crippen LogP contribution in [0.25, 0.3) is 0 Å². The highest BCUT2D eigenvalue weighted by atomic mass is 32.2. The number of halogens is 1. The van der Waals surface area contributed by atoms with E-state index in [1.54, 1.807) is 0 Å². The Hall–Kier alpha value is -2.13. The fourth-order valence-corrected chi connectivity index (χ4v) is 2.66. The summed E-state index contributed by atoms with van der Waals surface area (Å²) in [5, 5.41) is 3.87. The lowest BCUT2D eigenvalue weighted by molar-refractivity contribution is 0.414. The van der Waals surface area contributed by atoms with E-state index in [0.29, 0.717) is 18.8 Å². The summed E-state index contributed by atoms with van der Waals surface area (Å²) in [4.78, 5) is -0.0711. The van der Waals surface area contributed by atoms with Crippen LogP contribution >= 0.6 is 0 Å². The number of anilines is 1. The Balaban J connectivity index is 2.28.